The molecule has 0 aliphatic carbocycles. The number of hydrogen-bond donors (Lipinski definition) is 0. The van der Waals surface area contributed by atoms with Crippen molar-refractivity contribution in [2.24, 2.45) is 0 Å². The number of amides is 1. The Labute approximate surface area is 101 Å². The molecule has 1 heterocycles. The topological polar surface area (TPSA) is 20.3 Å². The first kappa shape index (κ1) is 11.5. The molecule has 0 bridgehead atoms. The van der Waals surface area contributed by atoms with E-state index < -0.39 is 0 Å². The minimum atomic E-state index is 0.189. The summed E-state index contributed by atoms with van der Waals surface area (Å²) < 4.78 is 0. The Kier molecular flexibility index (Phi) is 3.49. The van der Waals surface area contributed by atoms with Crippen molar-refractivity contribution < 1.29 is 4.79 Å². The number of likely N-dealkylation sites (tertiary alicyclic amines) is 1. The molecule has 3 heteroatoms. The third-order valence-electron chi connectivity index (χ3n) is 3.28. The van der Waals surface area contributed by atoms with Gasteiger partial charge in [-0.05, 0) is 36.5 Å². The molecule has 2 nitrogen and oxygen atoms in total. The van der Waals surface area contributed by atoms with Crippen LogP contribution in [0.3, 0.4) is 0 Å². The Bertz CT molecular complexity index is 366. The zero-order chi connectivity index (χ0) is 11.5. The fourth-order valence-electron chi connectivity index (χ4n) is 2.26. The minimum absolute atomic E-state index is 0.189. The number of carbonyl (C=O) groups is 1. The smallest absolute Gasteiger partial charge is 0.219 e. The van der Waals surface area contributed by atoms with E-state index in [0.29, 0.717) is 5.92 Å². The lowest BCUT2D eigenvalue weighted by molar-refractivity contribution is -0.129. The molecule has 1 aromatic carbocycles. The van der Waals surface area contributed by atoms with E-state index >= 15 is 0 Å². The Morgan fingerprint density at radius 3 is 2.31 bits per heavy atom. The van der Waals surface area contributed by atoms with Crippen LogP contribution in [0.25, 0.3) is 0 Å². The largest absolute Gasteiger partial charge is 0.343 e. The summed E-state index contributed by atoms with van der Waals surface area (Å²) in [7, 11) is 0. The standard InChI is InChI=1S/C13H16ClNO/c1-10(16)15-8-6-12(7-9-15)11-2-4-13(14)5-3-11/h2-5,12H,6-9H2,1H3. The zero-order valence-corrected chi connectivity index (χ0v) is 10.2. The first-order valence-corrected chi connectivity index (χ1v) is 6.05. The zero-order valence-electron chi connectivity index (χ0n) is 9.45. The average Bonchev–Trinajstić information content (AvgIpc) is 2.30. The highest BCUT2D eigenvalue weighted by Crippen LogP contribution is 2.28. The maximum atomic E-state index is 11.2. The van der Waals surface area contributed by atoms with Crippen molar-refractivity contribution in [2.45, 2.75) is 25.7 Å². The predicted molar refractivity (Wildman–Crippen MR) is 65.7 cm³/mol. The van der Waals surface area contributed by atoms with Crippen LogP contribution in [0, 0.1) is 0 Å². The van der Waals surface area contributed by atoms with Crippen LogP contribution in [0.2, 0.25) is 5.02 Å². The van der Waals surface area contributed by atoms with Crippen LogP contribution in [-0.4, -0.2) is 23.9 Å². The fraction of sp³-hybridized carbons (Fsp3) is 0.462. The van der Waals surface area contributed by atoms with Gasteiger partial charge in [0.15, 0.2) is 0 Å². The van der Waals surface area contributed by atoms with Crippen LogP contribution < -0.4 is 0 Å². The van der Waals surface area contributed by atoms with E-state index in [1.54, 1.807) is 6.92 Å². The Balaban J connectivity index is 1.99. The molecule has 16 heavy (non-hydrogen) atoms. The molecular weight excluding hydrogens is 222 g/mol. The number of hydrogen-bond acceptors (Lipinski definition) is 1. The van der Waals surface area contributed by atoms with Gasteiger partial charge in [0.1, 0.15) is 0 Å². The van der Waals surface area contributed by atoms with E-state index in [-0.39, 0.29) is 5.91 Å². The van der Waals surface area contributed by atoms with Crippen LogP contribution >= 0.6 is 11.6 Å². The summed E-state index contributed by atoms with van der Waals surface area (Å²) in [5.41, 5.74) is 1.34. The molecule has 1 aliphatic rings. The molecule has 0 radical (unpaired) electrons. The van der Waals surface area contributed by atoms with Gasteiger partial charge in [-0.1, -0.05) is 23.7 Å². The van der Waals surface area contributed by atoms with Gasteiger partial charge in [0, 0.05) is 25.0 Å². The molecule has 1 amide bonds. The lowest BCUT2D eigenvalue weighted by Crippen LogP contribution is -2.36. The fourth-order valence-corrected chi connectivity index (χ4v) is 2.39. The molecule has 0 atom stereocenters. The van der Waals surface area contributed by atoms with Gasteiger partial charge < -0.3 is 4.90 Å². The van der Waals surface area contributed by atoms with Gasteiger partial charge in [-0.15, -0.1) is 0 Å². The molecule has 1 aromatic rings. The van der Waals surface area contributed by atoms with Crippen LogP contribution in [0.4, 0.5) is 0 Å². The predicted octanol–water partition coefficient (Wildman–Crippen LogP) is 3.07. The number of carbonyl (C=O) groups excluding carboxylic acids is 1. The monoisotopic (exact) mass is 237 g/mol. The number of benzene rings is 1. The van der Waals surface area contributed by atoms with E-state index in [2.05, 4.69) is 12.1 Å². The Hall–Kier alpha value is -1.02. The summed E-state index contributed by atoms with van der Waals surface area (Å²) >= 11 is 5.86. The van der Waals surface area contributed by atoms with Crippen molar-refractivity contribution in [3.63, 3.8) is 0 Å². The molecule has 0 aromatic heterocycles. The molecule has 1 saturated heterocycles. The van der Waals surface area contributed by atoms with Crippen molar-refractivity contribution in [3.05, 3.63) is 34.9 Å². The van der Waals surface area contributed by atoms with Gasteiger partial charge >= 0.3 is 0 Å². The van der Waals surface area contributed by atoms with Gasteiger partial charge in [-0.2, -0.15) is 0 Å². The number of halogens is 1. The maximum absolute atomic E-state index is 11.2. The van der Waals surface area contributed by atoms with E-state index in [4.69, 9.17) is 11.6 Å². The summed E-state index contributed by atoms with van der Waals surface area (Å²) in [5, 5.41) is 0.782. The molecular formula is C13H16ClNO. The summed E-state index contributed by atoms with van der Waals surface area (Å²) in [4.78, 5) is 13.1. The quantitative estimate of drug-likeness (QED) is 0.735. The SMILES string of the molecule is CC(=O)N1CCC(c2ccc(Cl)cc2)CC1. The van der Waals surface area contributed by atoms with E-state index in [1.165, 1.54) is 5.56 Å². The molecule has 86 valence electrons. The van der Waals surface area contributed by atoms with Crippen molar-refractivity contribution in [1.82, 2.24) is 4.90 Å². The van der Waals surface area contributed by atoms with Gasteiger partial charge in [-0.3, -0.25) is 4.79 Å². The van der Waals surface area contributed by atoms with Crippen LogP contribution in [-0.2, 0) is 4.79 Å². The van der Waals surface area contributed by atoms with Crippen LogP contribution in [0.1, 0.15) is 31.2 Å². The molecule has 1 fully saturated rings. The third-order valence-corrected chi connectivity index (χ3v) is 3.53. The van der Waals surface area contributed by atoms with E-state index in [9.17, 15) is 4.79 Å². The van der Waals surface area contributed by atoms with Gasteiger partial charge in [-0.25, -0.2) is 0 Å². The molecule has 0 unspecified atom stereocenters. The van der Waals surface area contributed by atoms with Gasteiger partial charge in [0.25, 0.3) is 0 Å². The second-order valence-electron chi connectivity index (χ2n) is 4.33. The summed E-state index contributed by atoms with van der Waals surface area (Å²) in [6, 6.07) is 8.06. The lowest BCUT2D eigenvalue weighted by Gasteiger charge is -2.31. The van der Waals surface area contributed by atoms with Crippen molar-refractivity contribution in [2.75, 3.05) is 13.1 Å². The average molecular weight is 238 g/mol. The van der Waals surface area contributed by atoms with Gasteiger partial charge in [0.2, 0.25) is 5.91 Å². The first-order chi connectivity index (χ1) is 7.66. The highest BCUT2D eigenvalue weighted by atomic mass is 35.5. The Morgan fingerprint density at radius 2 is 1.81 bits per heavy atom. The highest BCUT2D eigenvalue weighted by Gasteiger charge is 2.21. The lowest BCUT2D eigenvalue weighted by atomic mass is 9.89. The summed E-state index contributed by atoms with van der Waals surface area (Å²) in [6.07, 6.45) is 2.11. The molecule has 0 saturated carbocycles. The summed E-state index contributed by atoms with van der Waals surface area (Å²) in [6.45, 7) is 3.40. The van der Waals surface area contributed by atoms with E-state index in [0.717, 1.165) is 31.0 Å². The normalized spacial score (nSPS) is 17.5. The van der Waals surface area contributed by atoms with Crippen molar-refractivity contribution in [3.8, 4) is 0 Å². The molecule has 2 rings (SSSR count). The molecule has 0 N–H and O–H groups in total. The van der Waals surface area contributed by atoms with Gasteiger partial charge in [0.05, 0.1) is 0 Å². The third kappa shape index (κ3) is 2.56. The summed E-state index contributed by atoms with van der Waals surface area (Å²) in [5.74, 6) is 0.766. The van der Waals surface area contributed by atoms with Crippen molar-refractivity contribution in [1.29, 1.82) is 0 Å². The Morgan fingerprint density at radius 1 is 1.25 bits per heavy atom. The number of piperidine rings is 1. The first-order valence-electron chi connectivity index (χ1n) is 5.68. The number of nitrogens with zero attached hydrogens (tertiary/aromatic N) is 1. The van der Waals surface area contributed by atoms with Crippen LogP contribution in [0.5, 0.6) is 0 Å². The highest BCUT2D eigenvalue weighted by molar-refractivity contribution is 6.30. The second-order valence-corrected chi connectivity index (χ2v) is 4.77. The maximum Gasteiger partial charge on any atom is 0.219 e. The van der Waals surface area contributed by atoms with Crippen molar-refractivity contribution >= 4 is 17.5 Å². The van der Waals surface area contributed by atoms with E-state index in [1.807, 2.05) is 17.0 Å². The number of rotatable bonds is 1. The molecule has 1 aliphatic heterocycles. The second kappa shape index (κ2) is 4.88. The van der Waals surface area contributed by atoms with Crippen LogP contribution in [0.15, 0.2) is 24.3 Å². The minimum Gasteiger partial charge on any atom is -0.343 e. The molecule has 0 spiro atoms.